The summed E-state index contributed by atoms with van der Waals surface area (Å²) in [5.41, 5.74) is 6.15. The maximum atomic E-state index is 11.7. The molecule has 0 amide bonds. The summed E-state index contributed by atoms with van der Waals surface area (Å²) in [5.74, 6) is 0.874. The summed E-state index contributed by atoms with van der Waals surface area (Å²) in [5, 5.41) is 7.88. The molecular formula is C10H15N5O. The van der Waals surface area contributed by atoms with Crippen LogP contribution in [0.15, 0.2) is 17.2 Å². The van der Waals surface area contributed by atoms with E-state index in [4.69, 9.17) is 5.73 Å². The zero-order valence-corrected chi connectivity index (χ0v) is 9.58. The van der Waals surface area contributed by atoms with Gasteiger partial charge in [0.15, 0.2) is 5.82 Å². The molecule has 0 radical (unpaired) electrons. The third-order valence-corrected chi connectivity index (χ3v) is 2.69. The van der Waals surface area contributed by atoms with E-state index in [1.807, 2.05) is 13.8 Å². The minimum Gasteiger partial charge on any atom is -0.321 e. The van der Waals surface area contributed by atoms with Gasteiger partial charge in [-0.3, -0.25) is 9.20 Å². The van der Waals surface area contributed by atoms with Crippen molar-refractivity contribution in [3.8, 4) is 0 Å². The molecule has 0 spiro atoms. The van der Waals surface area contributed by atoms with E-state index >= 15 is 0 Å². The molecule has 1 atom stereocenters. The fourth-order valence-electron chi connectivity index (χ4n) is 1.51. The maximum Gasteiger partial charge on any atom is 0.295 e. The Kier molecular flexibility index (Phi) is 2.51. The lowest BCUT2D eigenvalue weighted by atomic mass is 10.1. The molecule has 2 aromatic rings. The predicted octanol–water partition coefficient (Wildman–Crippen LogP) is 0.0838. The van der Waals surface area contributed by atoms with Crippen LogP contribution < -0.4 is 11.3 Å². The normalized spacial score (nSPS) is 13.6. The number of nitrogens with zero attached hydrogens (tertiary/aromatic N) is 4. The van der Waals surface area contributed by atoms with Crippen LogP contribution in [0.4, 0.5) is 0 Å². The van der Waals surface area contributed by atoms with Crippen LogP contribution in [0.5, 0.6) is 0 Å². The number of fused-ring (bicyclic) bond motifs is 1. The second-order valence-corrected chi connectivity index (χ2v) is 4.24. The molecule has 0 aliphatic heterocycles. The summed E-state index contributed by atoms with van der Waals surface area (Å²) in [6.07, 6.45) is 3.43. The number of aromatic nitrogens is 4. The van der Waals surface area contributed by atoms with Crippen molar-refractivity contribution >= 4 is 5.65 Å². The molecule has 0 unspecified atom stereocenters. The topological polar surface area (TPSA) is 78.2 Å². The Hall–Kier alpha value is -1.69. The molecule has 2 N–H and O–H groups in total. The lowest BCUT2D eigenvalue weighted by Gasteiger charge is -2.13. The Balaban J connectivity index is 2.67. The van der Waals surface area contributed by atoms with Crippen molar-refractivity contribution in [1.82, 2.24) is 19.2 Å². The van der Waals surface area contributed by atoms with Crippen LogP contribution in [0.1, 0.15) is 25.7 Å². The average Bonchev–Trinajstić information content (AvgIpc) is 2.66. The molecule has 2 heterocycles. The minimum absolute atomic E-state index is 0.169. The highest BCUT2D eigenvalue weighted by atomic mass is 16.1. The van der Waals surface area contributed by atoms with E-state index in [0.29, 0.717) is 11.5 Å². The summed E-state index contributed by atoms with van der Waals surface area (Å²) in [6, 6.07) is -0.220. The monoisotopic (exact) mass is 221 g/mol. The molecule has 0 bridgehead atoms. The van der Waals surface area contributed by atoms with Gasteiger partial charge in [-0.15, -0.1) is 10.2 Å². The first-order valence-electron chi connectivity index (χ1n) is 5.18. The van der Waals surface area contributed by atoms with E-state index < -0.39 is 0 Å². The van der Waals surface area contributed by atoms with E-state index in [1.165, 1.54) is 4.57 Å². The zero-order valence-electron chi connectivity index (χ0n) is 9.58. The highest BCUT2D eigenvalue weighted by Gasteiger charge is 2.18. The van der Waals surface area contributed by atoms with Crippen LogP contribution >= 0.6 is 0 Å². The summed E-state index contributed by atoms with van der Waals surface area (Å²) >= 11 is 0. The molecule has 0 aromatic carbocycles. The Morgan fingerprint density at radius 1 is 1.31 bits per heavy atom. The Bertz CT molecular complexity index is 568. The van der Waals surface area contributed by atoms with Gasteiger partial charge in [0.1, 0.15) is 0 Å². The van der Waals surface area contributed by atoms with Crippen molar-refractivity contribution in [3.63, 3.8) is 0 Å². The first-order valence-corrected chi connectivity index (χ1v) is 5.18. The SMILES string of the molecule is CC(C)[C@H](N)c1nnc2c(=O)n(C)ccn12. The summed E-state index contributed by atoms with van der Waals surface area (Å²) in [6.45, 7) is 4.01. The highest BCUT2D eigenvalue weighted by molar-refractivity contribution is 5.35. The maximum absolute atomic E-state index is 11.7. The number of hydrogen-bond donors (Lipinski definition) is 1. The number of nitrogens with two attached hydrogens (primary N) is 1. The largest absolute Gasteiger partial charge is 0.321 e. The molecule has 6 heteroatoms. The molecule has 2 rings (SSSR count). The second-order valence-electron chi connectivity index (χ2n) is 4.24. The van der Waals surface area contributed by atoms with Crippen molar-refractivity contribution in [3.05, 3.63) is 28.6 Å². The van der Waals surface area contributed by atoms with Crippen molar-refractivity contribution in [1.29, 1.82) is 0 Å². The fourth-order valence-corrected chi connectivity index (χ4v) is 1.51. The molecule has 2 aromatic heterocycles. The first-order chi connectivity index (χ1) is 7.52. The van der Waals surface area contributed by atoms with E-state index in [1.54, 1.807) is 23.8 Å². The molecule has 0 saturated heterocycles. The lowest BCUT2D eigenvalue weighted by Crippen LogP contribution is -2.22. The van der Waals surface area contributed by atoms with Crippen molar-refractivity contribution in [2.24, 2.45) is 18.7 Å². The zero-order chi connectivity index (χ0) is 11.9. The first kappa shape index (κ1) is 10.8. The second kappa shape index (κ2) is 3.71. The highest BCUT2D eigenvalue weighted by Crippen LogP contribution is 2.16. The fraction of sp³-hybridized carbons (Fsp3) is 0.500. The third-order valence-electron chi connectivity index (χ3n) is 2.69. The predicted molar refractivity (Wildman–Crippen MR) is 60.0 cm³/mol. The summed E-state index contributed by atoms with van der Waals surface area (Å²) in [7, 11) is 1.68. The number of rotatable bonds is 2. The lowest BCUT2D eigenvalue weighted by molar-refractivity contribution is 0.486. The summed E-state index contributed by atoms with van der Waals surface area (Å²) < 4.78 is 3.13. The van der Waals surface area contributed by atoms with Crippen LogP contribution in [0.3, 0.4) is 0 Å². The van der Waals surface area contributed by atoms with E-state index in [2.05, 4.69) is 10.2 Å². The number of hydrogen-bond acceptors (Lipinski definition) is 4. The van der Waals surface area contributed by atoms with Crippen molar-refractivity contribution in [2.45, 2.75) is 19.9 Å². The molecule has 0 fully saturated rings. The van der Waals surface area contributed by atoms with Gasteiger partial charge in [0.05, 0.1) is 6.04 Å². The van der Waals surface area contributed by atoms with Gasteiger partial charge in [0.2, 0.25) is 5.65 Å². The van der Waals surface area contributed by atoms with E-state index in [0.717, 1.165) is 0 Å². The summed E-state index contributed by atoms with van der Waals surface area (Å²) in [4.78, 5) is 11.7. The standard InChI is InChI=1S/C10H15N5O/c1-6(2)7(11)8-12-13-9-10(16)14(3)4-5-15(8)9/h4-7H,11H2,1-3H3/t7-/m0/s1. The third kappa shape index (κ3) is 1.51. The van der Waals surface area contributed by atoms with Gasteiger partial charge in [-0.25, -0.2) is 0 Å². The number of aryl methyl sites for hydroxylation is 1. The molecule has 16 heavy (non-hydrogen) atoms. The average molecular weight is 221 g/mol. The van der Waals surface area contributed by atoms with Gasteiger partial charge in [0.25, 0.3) is 5.56 Å². The van der Waals surface area contributed by atoms with Gasteiger partial charge in [-0.1, -0.05) is 13.8 Å². The van der Waals surface area contributed by atoms with Crippen LogP contribution in [-0.2, 0) is 7.05 Å². The quantitative estimate of drug-likeness (QED) is 0.779. The van der Waals surface area contributed by atoms with E-state index in [-0.39, 0.29) is 17.5 Å². The molecule has 0 aliphatic carbocycles. The molecule has 86 valence electrons. The molecule has 6 nitrogen and oxygen atoms in total. The Morgan fingerprint density at radius 3 is 2.62 bits per heavy atom. The van der Waals surface area contributed by atoms with Gasteiger partial charge >= 0.3 is 0 Å². The van der Waals surface area contributed by atoms with Crippen molar-refractivity contribution < 1.29 is 0 Å². The van der Waals surface area contributed by atoms with Crippen molar-refractivity contribution in [2.75, 3.05) is 0 Å². The molecule has 0 aliphatic rings. The van der Waals surface area contributed by atoms with Gasteiger partial charge in [-0.05, 0) is 5.92 Å². The molecular weight excluding hydrogens is 206 g/mol. The van der Waals surface area contributed by atoms with Crippen LogP contribution in [0.2, 0.25) is 0 Å². The molecule has 0 saturated carbocycles. The van der Waals surface area contributed by atoms with Crippen LogP contribution in [-0.4, -0.2) is 19.2 Å². The Morgan fingerprint density at radius 2 is 2.00 bits per heavy atom. The Labute approximate surface area is 92.7 Å². The van der Waals surface area contributed by atoms with Gasteiger partial charge in [0, 0.05) is 19.4 Å². The van der Waals surface area contributed by atoms with E-state index in [9.17, 15) is 4.79 Å². The van der Waals surface area contributed by atoms with Gasteiger partial charge in [-0.2, -0.15) is 0 Å². The van der Waals surface area contributed by atoms with Crippen LogP contribution in [0.25, 0.3) is 5.65 Å². The smallest absolute Gasteiger partial charge is 0.295 e. The van der Waals surface area contributed by atoms with Gasteiger partial charge < -0.3 is 10.3 Å². The van der Waals surface area contributed by atoms with Crippen LogP contribution in [0, 0.1) is 5.92 Å². The minimum atomic E-state index is -0.220.